The molecule has 1 aliphatic rings. The highest BCUT2D eigenvalue weighted by molar-refractivity contribution is 5.92. The first kappa shape index (κ1) is 17.5. The summed E-state index contributed by atoms with van der Waals surface area (Å²) >= 11 is 0. The van der Waals surface area contributed by atoms with E-state index in [0.29, 0.717) is 5.69 Å². The summed E-state index contributed by atoms with van der Waals surface area (Å²) in [6.07, 6.45) is 7.36. The first-order valence-electron chi connectivity index (χ1n) is 9.30. The quantitative estimate of drug-likeness (QED) is 0.878. The fourth-order valence-electron chi connectivity index (χ4n) is 3.38. The molecule has 0 spiro atoms. The molecule has 2 heterocycles. The number of hydrogen-bond acceptors (Lipinski definition) is 3. The van der Waals surface area contributed by atoms with Gasteiger partial charge in [0.1, 0.15) is 5.69 Å². The van der Waals surface area contributed by atoms with Crippen molar-refractivity contribution in [2.45, 2.75) is 46.0 Å². The summed E-state index contributed by atoms with van der Waals surface area (Å²) in [6, 6.07) is 10.1. The van der Waals surface area contributed by atoms with Crippen molar-refractivity contribution in [2.75, 3.05) is 18.4 Å². The third-order valence-electron chi connectivity index (χ3n) is 4.89. The molecule has 0 bridgehead atoms. The Morgan fingerprint density at radius 2 is 1.88 bits per heavy atom. The maximum atomic E-state index is 12.6. The minimum Gasteiger partial charge on any atom is -0.354 e. The molecule has 1 aliphatic heterocycles. The van der Waals surface area contributed by atoms with Gasteiger partial charge in [0, 0.05) is 18.8 Å². The Labute approximate surface area is 150 Å². The van der Waals surface area contributed by atoms with E-state index in [9.17, 15) is 4.79 Å². The number of aryl methyl sites for hydroxylation is 2. The highest BCUT2D eigenvalue weighted by Gasteiger charge is 2.18. The zero-order chi connectivity index (χ0) is 17.6. The predicted octanol–water partition coefficient (Wildman–Crippen LogP) is 4.71. The largest absolute Gasteiger partial charge is 0.354 e. The Balaban J connectivity index is 1.73. The molecule has 1 N–H and O–H groups in total. The molecular formula is C21H27N3O. The molecule has 1 saturated heterocycles. The number of nitrogens with one attached hydrogen (secondary N) is 1. The lowest BCUT2D eigenvalue weighted by Crippen LogP contribution is -2.32. The summed E-state index contributed by atoms with van der Waals surface area (Å²) < 4.78 is 0. The van der Waals surface area contributed by atoms with Crippen LogP contribution in [0.2, 0.25) is 0 Å². The zero-order valence-corrected chi connectivity index (χ0v) is 15.2. The van der Waals surface area contributed by atoms with Gasteiger partial charge in [-0.15, -0.1) is 0 Å². The van der Waals surface area contributed by atoms with Crippen LogP contribution < -0.4 is 5.32 Å². The average Bonchev–Trinajstić information content (AvgIpc) is 2.93. The Hall–Kier alpha value is -2.36. The number of rotatable bonds is 4. The van der Waals surface area contributed by atoms with E-state index in [1.165, 1.54) is 24.0 Å². The first-order chi connectivity index (χ1) is 12.2. The van der Waals surface area contributed by atoms with Gasteiger partial charge < -0.3 is 10.2 Å². The summed E-state index contributed by atoms with van der Waals surface area (Å²) in [5.74, 6) is 0.0542. The van der Waals surface area contributed by atoms with Crippen LogP contribution in [0.4, 0.5) is 11.4 Å². The standard InChI is InChI=1S/C21H27N3O/c1-3-17-10-8-9-16(2)20(17)23-18-11-12-19(22-15-18)21(25)24-13-6-4-5-7-14-24/h8-12,15,23H,3-7,13-14H2,1-2H3. The van der Waals surface area contributed by atoms with Gasteiger partial charge in [0.15, 0.2) is 0 Å². The minimum absolute atomic E-state index is 0.0542. The second kappa shape index (κ2) is 8.15. The minimum atomic E-state index is 0.0542. The van der Waals surface area contributed by atoms with Crippen LogP contribution >= 0.6 is 0 Å². The highest BCUT2D eigenvalue weighted by Crippen LogP contribution is 2.25. The van der Waals surface area contributed by atoms with E-state index < -0.39 is 0 Å². The summed E-state index contributed by atoms with van der Waals surface area (Å²) in [5.41, 5.74) is 5.08. The van der Waals surface area contributed by atoms with Gasteiger partial charge in [-0.05, 0) is 49.4 Å². The monoisotopic (exact) mass is 337 g/mol. The summed E-state index contributed by atoms with van der Waals surface area (Å²) in [6.45, 7) is 5.96. The van der Waals surface area contributed by atoms with Gasteiger partial charge >= 0.3 is 0 Å². The lowest BCUT2D eigenvalue weighted by Gasteiger charge is -2.20. The Morgan fingerprint density at radius 1 is 1.12 bits per heavy atom. The van der Waals surface area contributed by atoms with Crippen molar-refractivity contribution in [1.82, 2.24) is 9.88 Å². The zero-order valence-electron chi connectivity index (χ0n) is 15.2. The molecule has 0 aliphatic carbocycles. The summed E-state index contributed by atoms with van der Waals surface area (Å²) in [7, 11) is 0. The number of anilines is 2. The topological polar surface area (TPSA) is 45.2 Å². The molecule has 0 saturated carbocycles. The number of hydrogen-bond donors (Lipinski definition) is 1. The smallest absolute Gasteiger partial charge is 0.272 e. The van der Waals surface area contributed by atoms with Crippen LogP contribution in [0, 0.1) is 6.92 Å². The lowest BCUT2D eigenvalue weighted by atomic mass is 10.1. The molecule has 4 nitrogen and oxygen atoms in total. The molecular weight excluding hydrogens is 310 g/mol. The number of amides is 1. The molecule has 1 amide bonds. The van der Waals surface area contributed by atoms with Crippen molar-refractivity contribution in [3.05, 3.63) is 53.3 Å². The van der Waals surface area contributed by atoms with Crippen LogP contribution in [0.25, 0.3) is 0 Å². The third kappa shape index (κ3) is 4.19. The molecule has 3 rings (SSSR count). The number of carbonyl (C=O) groups excluding carboxylic acids is 1. The van der Waals surface area contributed by atoms with E-state index >= 15 is 0 Å². The van der Waals surface area contributed by atoms with Gasteiger partial charge in [-0.3, -0.25) is 4.79 Å². The van der Waals surface area contributed by atoms with Crippen LogP contribution in [0.1, 0.15) is 54.2 Å². The number of aromatic nitrogens is 1. The number of likely N-dealkylation sites (tertiary alicyclic amines) is 1. The highest BCUT2D eigenvalue weighted by atomic mass is 16.2. The van der Waals surface area contributed by atoms with Crippen LogP contribution in [-0.4, -0.2) is 28.9 Å². The van der Waals surface area contributed by atoms with Crippen LogP contribution in [0.3, 0.4) is 0 Å². The first-order valence-corrected chi connectivity index (χ1v) is 9.30. The Morgan fingerprint density at radius 3 is 2.52 bits per heavy atom. The van der Waals surface area contributed by atoms with E-state index in [1.54, 1.807) is 6.20 Å². The maximum absolute atomic E-state index is 12.6. The fraction of sp³-hybridized carbons (Fsp3) is 0.429. The van der Waals surface area contributed by atoms with Gasteiger partial charge in [-0.2, -0.15) is 0 Å². The summed E-state index contributed by atoms with van der Waals surface area (Å²) in [4.78, 5) is 19.0. The second-order valence-corrected chi connectivity index (χ2v) is 6.73. The molecule has 1 aromatic carbocycles. The third-order valence-corrected chi connectivity index (χ3v) is 4.89. The van der Waals surface area contributed by atoms with Crippen molar-refractivity contribution in [3.8, 4) is 0 Å². The molecule has 1 fully saturated rings. The number of carbonyl (C=O) groups is 1. The van der Waals surface area contributed by atoms with Crippen molar-refractivity contribution in [2.24, 2.45) is 0 Å². The van der Waals surface area contributed by atoms with Crippen LogP contribution in [0.15, 0.2) is 36.5 Å². The molecule has 0 atom stereocenters. The predicted molar refractivity (Wildman–Crippen MR) is 102 cm³/mol. The van der Waals surface area contributed by atoms with E-state index in [2.05, 4.69) is 42.3 Å². The van der Waals surface area contributed by atoms with Crippen molar-refractivity contribution in [1.29, 1.82) is 0 Å². The van der Waals surface area contributed by atoms with Crippen LogP contribution in [0.5, 0.6) is 0 Å². The number of pyridine rings is 1. The van der Waals surface area contributed by atoms with Gasteiger partial charge in [0.25, 0.3) is 5.91 Å². The van der Waals surface area contributed by atoms with Crippen molar-refractivity contribution >= 4 is 17.3 Å². The summed E-state index contributed by atoms with van der Waals surface area (Å²) in [5, 5.41) is 3.46. The fourth-order valence-corrected chi connectivity index (χ4v) is 3.38. The lowest BCUT2D eigenvalue weighted by molar-refractivity contribution is 0.0756. The molecule has 4 heteroatoms. The number of nitrogens with zero attached hydrogens (tertiary/aromatic N) is 2. The van der Waals surface area contributed by atoms with Gasteiger partial charge in [0.2, 0.25) is 0 Å². The van der Waals surface area contributed by atoms with E-state index in [4.69, 9.17) is 0 Å². The molecule has 2 aromatic rings. The van der Waals surface area contributed by atoms with E-state index in [-0.39, 0.29) is 5.91 Å². The molecule has 1 aromatic heterocycles. The SMILES string of the molecule is CCc1cccc(C)c1Nc1ccc(C(=O)N2CCCCCC2)nc1. The van der Waals surface area contributed by atoms with Crippen LogP contribution in [-0.2, 0) is 6.42 Å². The second-order valence-electron chi connectivity index (χ2n) is 6.73. The Bertz CT molecular complexity index is 716. The normalized spacial score (nSPS) is 14.9. The van der Waals surface area contributed by atoms with Crippen molar-refractivity contribution in [3.63, 3.8) is 0 Å². The van der Waals surface area contributed by atoms with Crippen molar-refractivity contribution < 1.29 is 4.79 Å². The maximum Gasteiger partial charge on any atom is 0.272 e. The van der Waals surface area contributed by atoms with E-state index in [1.807, 2.05) is 17.0 Å². The Kier molecular flexibility index (Phi) is 5.69. The van der Waals surface area contributed by atoms with Gasteiger partial charge in [-0.25, -0.2) is 4.98 Å². The number of benzene rings is 1. The van der Waals surface area contributed by atoms with Gasteiger partial charge in [-0.1, -0.05) is 38.0 Å². The molecule has 0 unspecified atom stereocenters. The van der Waals surface area contributed by atoms with Gasteiger partial charge in [0.05, 0.1) is 11.9 Å². The average molecular weight is 337 g/mol. The number of para-hydroxylation sites is 1. The van der Waals surface area contributed by atoms with E-state index in [0.717, 1.165) is 43.7 Å². The molecule has 132 valence electrons. The molecule has 0 radical (unpaired) electrons. The molecule has 25 heavy (non-hydrogen) atoms.